The molecule has 1 fully saturated rings. The highest BCUT2D eigenvalue weighted by molar-refractivity contribution is 9.09. The van der Waals surface area contributed by atoms with E-state index in [0.717, 1.165) is 12.0 Å². The number of hydrogen-bond donors (Lipinski definition) is 0. The fourth-order valence-corrected chi connectivity index (χ4v) is 3.75. The first kappa shape index (κ1) is 14.6. The molecule has 1 aliphatic carbocycles. The maximum absolute atomic E-state index is 12.4. The van der Waals surface area contributed by atoms with Gasteiger partial charge < -0.3 is 4.90 Å². The van der Waals surface area contributed by atoms with Crippen LogP contribution >= 0.6 is 15.9 Å². The van der Waals surface area contributed by atoms with Gasteiger partial charge >= 0.3 is 0 Å². The molecule has 1 aromatic rings. The second kappa shape index (κ2) is 6.56. The van der Waals surface area contributed by atoms with Gasteiger partial charge in [0.25, 0.3) is 0 Å². The molecule has 0 radical (unpaired) electrons. The van der Waals surface area contributed by atoms with Crippen LogP contribution in [-0.4, -0.2) is 28.7 Å². The smallest absolute Gasteiger partial charge is 0.227 e. The van der Waals surface area contributed by atoms with Crippen LogP contribution in [-0.2, 0) is 11.2 Å². The van der Waals surface area contributed by atoms with E-state index in [1.807, 2.05) is 24.1 Å². The summed E-state index contributed by atoms with van der Waals surface area (Å²) in [5.41, 5.74) is 2.32. The molecule has 0 aromatic heterocycles. The summed E-state index contributed by atoms with van der Waals surface area (Å²) in [6.45, 7) is 2.06. The zero-order valence-electron chi connectivity index (χ0n) is 11.7. The summed E-state index contributed by atoms with van der Waals surface area (Å²) in [5.74, 6) is 0.224. The van der Waals surface area contributed by atoms with Gasteiger partial charge in [-0.15, -0.1) is 0 Å². The van der Waals surface area contributed by atoms with E-state index in [1.54, 1.807) is 0 Å². The van der Waals surface area contributed by atoms with Gasteiger partial charge in [0, 0.05) is 17.9 Å². The van der Waals surface area contributed by atoms with Gasteiger partial charge in [0.1, 0.15) is 0 Å². The number of amides is 1. The standard InChI is InChI=1S/C16H22BrNO/c1-12-6-5-7-13(10-12)11-16(19)18(2)15-9-4-3-8-14(15)17/h5-7,10,14-15H,3-4,8-9,11H2,1-2H3. The Morgan fingerprint density at radius 3 is 2.79 bits per heavy atom. The summed E-state index contributed by atoms with van der Waals surface area (Å²) >= 11 is 3.73. The third-order valence-electron chi connectivity index (χ3n) is 3.98. The lowest BCUT2D eigenvalue weighted by molar-refractivity contribution is -0.131. The van der Waals surface area contributed by atoms with Gasteiger partial charge in [0.05, 0.1) is 6.42 Å². The molecule has 0 saturated heterocycles. The average molecular weight is 324 g/mol. The molecule has 1 aliphatic rings. The van der Waals surface area contributed by atoms with Crippen molar-refractivity contribution in [2.75, 3.05) is 7.05 Å². The first-order valence-electron chi connectivity index (χ1n) is 7.03. The SMILES string of the molecule is Cc1cccc(CC(=O)N(C)C2CCCCC2Br)c1. The third-order valence-corrected chi connectivity index (χ3v) is 5.04. The van der Waals surface area contributed by atoms with E-state index in [2.05, 4.69) is 35.0 Å². The van der Waals surface area contributed by atoms with E-state index in [9.17, 15) is 4.79 Å². The van der Waals surface area contributed by atoms with Crippen molar-refractivity contribution >= 4 is 21.8 Å². The summed E-state index contributed by atoms with van der Waals surface area (Å²) in [6, 6.07) is 8.56. The van der Waals surface area contributed by atoms with Crippen LogP contribution < -0.4 is 0 Å². The molecule has 0 spiro atoms. The van der Waals surface area contributed by atoms with Crippen molar-refractivity contribution in [3.05, 3.63) is 35.4 Å². The minimum Gasteiger partial charge on any atom is -0.341 e. The molecule has 0 aliphatic heterocycles. The number of aryl methyl sites for hydroxylation is 1. The van der Waals surface area contributed by atoms with Crippen molar-refractivity contribution in [3.63, 3.8) is 0 Å². The van der Waals surface area contributed by atoms with Crippen LogP contribution in [0, 0.1) is 6.92 Å². The van der Waals surface area contributed by atoms with Crippen LogP contribution in [0.1, 0.15) is 36.8 Å². The lowest BCUT2D eigenvalue weighted by Gasteiger charge is -2.35. The Labute approximate surface area is 124 Å². The number of benzene rings is 1. The first-order valence-corrected chi connectivity index (χ1v) is 7.95. The van der Waals surface area contributed by atoms with Crippen LogP contribution in [0.5, 0.6) is 0 Å². The zero-order chi connectivity index (χ0) is 13.8. The molecule has 0 N–H and O–H groups in total. The summed E-state index contributed by atoms with van der Waals surface area (Å²) in [5, 5.41) is 0. The number of carbonyl (C=O) groups is 1. The molecule has 2 nitrogen and oxygen atoms in total. The summed E-state index contributed by atoms with van der Waals surface area (Å²) in [6.07, 6.45) is 5.30. The van der Waals surface area contributed by atoms with Gasteiger partial charge in [-0.2, -0.15) is 0 Å². The van der Waals surface area contributed by atoms with E-state index in [0.29, 0.717) is 17.3 Å². The van der Waals surface area contributed by atoms with E-state index >= 15 is 0 Å². The Hall–Kier alpha value is -0.830. The Morgan fingerprint density at radius 1 is 1.37 bits per heavy atom. The Morgan fingerprint density at radius 2 is 2.11 bits per heavy atom. The number of halogens is 1. The molecule has 2 atom stereocenters. The first-order chi connectivity index (χ1) is 9.08. The molecule has 1 saturated carbocycles. The molecule has 0 bridgehead atoms. The number of hydrogen-bond acceptors (Lipinski definition) is 1. The van der Waals surface area contributed by atoms with Gasteiger partial charge in [0.2, 0.25) is 5.91 Å². The molecule has 3 heteroatoms. The maximum Gasteiger partial charge on any atom is 0.227 e. The molecular weight excluding hydrogens is 302 g/mol. The lowest BCUT2D eigenvalue weighted by atomic mass is 9.94. The predicted octanol–water partition coefficient (Wildman–Crippen LogP) is 3.70. The third kappa shape index (κ3) is 3.82. The number of carbonyl (C=O) groups excluding carboxylic acids is 1. The van der Waals surface area contributed by atoms with Gasteiger partial charge in [-0.25, -0.2) is 0 Å². The monoisotopic (exact) mass is 323 g/mol. The normalized spacial score (nSPS) is 23.1. The van der Waals surface area contributed by atoms with E-state index in [4.69, 9.17) is 0 Å². The topological polar surface area (TPSA) is 20.3 Å². The van der Waals surface area contributed by atoms with E-state index in [1.165, 1.54) is 24.8 Å². The molecular formula is C16H22BrNO. The van der Waals surface area contributed by atoms with Crippen LogP contribution in [0.3, 0.4) is 0 Å². The van der Waals surface area contributed by atoms with Gasteiger partial charge in [-0.3, -0.25) is 4.79 Å². The minimum absolute atomic E-state index is 0.224. The average Bonchev–Trinajstić information content (AvgIpc) is 2.38. The Kier molecular flexibility index (Phi) is 5.03. The van der Waals surface area contributed by atoms with Gasteiger partial charge in [0.15, 0.2) is 0 Å². The molecule has 0 heterocycles. The Balaban J connectivity index is 1.99. The van der Waals surface area contributed by atoms with Crippen LogP contribution in [0.25, 0.3) is 0 Å². The van der Waals surface area contributed by atoms with E-state index < -0.39 is 0 Å². The summed E-state index contributed by atoms with van der Waals surface area (Å²) in [4.78, 5) is 14.8. The molecule has 104 valence electrons. The number of nitrogens with zero attached hydrogens (tertiary/aromatic N) is 1. The molecule has 19 heavy (non-hydrogen) atoms. The zero-order valence-corrected chi connectivity index (χ0v) is 13.3. The van der Waals surface area contributed by atoms with Crippen molar-refractivity contribution in [2.24, 2.45) is 0 Å². The van der Waals surface area contributed by atoms with Crippen molar-refractivity contribution in [1.82, 2.24) is 4.90 Å². The predicted molar refractivity (Wildman–Crippen MR) is 82.6 cm³/mol. The highest BCUT2D eigenvalue weighted by Gasteiger charge is 2.28. The maximum atomic E-state index is 12.4. The fraction of sp³-hybridized carbons (Fsp3) is 0.562. The number of alkyl halides is 1. The molecule has 1 aromatic carbocycles. The largest absolute Gasteiger partial charge is 0.341 e. The second-order valence-electron chi connectivity index (χ2n) is 5.54. The van der Waals surface area contributed by atoms with Crippen molar-refractivity contribution in [1.29, 1.82) is 0 Å². The quantitative estimate of drug-likeness (QED) is 0.777. The molecule has 2 unspecified atom stereocenters. The summed E-state index contributed by atoms with van der Waals surface area (Å²) in [7, 11) is 1.95. The highest BCUT2D eigenvalue weighted by Crippen LogP contribution is 2.28. The number of likely N-dealkylation sites (N-methyl/N-ethyl adjacent to an activating group) is 1. The van der Waals surface area contributed by atoms with Gasteiger partial charge in [-0.1, -0.05) is 58.6 Å². The van der Waals surface area contributed by atoms with Crippen molar-refractivity contribution in [2.45, 2.75) is 49.9 Å². The van der Waals surface area contributed by atoms with E-state index in [-0.39, 0.29) is 5.91 Å². The second-order valence-corrected chi connectivity index (χ2v) is 6.71. The summed E-state index contributed by atoms with van der Waals surface area (Å²) < 4.78 is 0. The fourth-order valence-electron chi connectivity index (χ4n) is 2.81. The van der Waals surface area contributed by atoms with Crippen LogP contribution in [0.2, 0.25) is 0 Å². The minimum atomic E-state index is 0.224. The van der Waals surface area contributed by atoms with Crippen molar-refractivity contribution in [3.8, 4) is 0 Å². The Bertz CT molecular complexity index is 446. The van der Waals surface area contributed by atoms with Crippen molar-refractivity contribution < 1.29 is 4.79 Å². The highest BCUT2D eigenvalue weighted by atomic mass is 79.9. The van der Waals surface area contributed by atoms with Crippen LogP contribution in [0.15, 0.2) is 24.3 Å². The lowest BCUT2D eigenvalue weighted by Crippen LogP contribution is -2.44. The number of rotatable bonds is 3. The molecule has 1 amide bonds. The molecule has 2 rings (SSSR count). The van der Waals surface area contributed by atoms with Crippen LogP contribution in [0.4, 0.5) is 0 Å². The van der Waals surface area contributed by atoms with Gasteiger partial charge in [-0.05, 0) is 25.3 Å².